The third kappa shape index (κ3) is 5.23. The Balaban J connectivity index is 0.000000246. The summed E-state index contributed by atoms with van der Waals surface area (Å²) in [6, 6.07) is 0. The van der Waals surface area contributed by atoms with Gasteiger partial charge in [-0.1, -0.05) is 0 Å². The summed E-state index contributed by atoms with van der Waals surface area (Å²) in [6.45, 7) is 2.54. The molecule has 7 nitrogen and oxygen atoms in total. The number of nitrogens with two attached hydrogens (primary N) is 1. The smallest absolute Gasteiger partial charge is 0.475 e. The van der Waals surface area contributed by atoms with Crippen LogP contribution in [0, 0.1) is 5.41 Å². The largest absolute Gasteiger partial charge is 0.490 e. The molecule has 0 bridgehead atoms. The number of alkyl halides is 3. The Morgan fingerprint density at radius 3 is 2.20 bits per heavy atom. The van der Waals surface area contributed by atoms with E-state index >= 15 is 0 Å². The van der Waals surface area contributed by atoms with Crippen molar-refractivity contribution in [2.75, 3.05) is 25.4 Å². The van der Waals surface area contributed by atoms with Crippen LogP contribution < -0.4 is 10.5 Å². The zero-order chi connectivity index (χ0) is 15.6. The summed E-state index contributed by atoms with van der Waals surface area (Å²) in [7, 11) is -3.39. The molecule has 11 heteroatoms. The van der Waals surface area contributed by atoms with E-state index in [9.17, 15) is 21.6 Å². The van der Waals surface area contributed by atoms with E-state index in [1.165, 1.54) is 0 Å². The summed E-state index contributed by atoms with van der Waals surface area (Å²) in [4.78, 5) is 8.90. The number of nitrogens with one attached hydrogen (secondary N) is 1. The van der Waals surface area contributed by atoms with E-state index in [0.717, 1.165) is 19.5 Å². The van der Waals surface area contributed by atoms with Gasteiger partial charge in [-0.3, -0.25) is 0 Å². The average Bonchev–Trinajstić information content (AvgIpc) is 2.58. The lowest BCUT2D eigenvalue weighted by Crippen LogP contribution is -2.54. The van der Waals surface area contributed by atoms with E-state index < -0.39 is 22.2 Å². The Morgan fingerprint density at radius 1 is 1.45 bits per heavy atom. The molecule has 0 saturated carbocycles. The van der Waals surface area contributed by atoms with Crippen molar-refractivity contribution in [3.8, 4) is 0 Å². The second-order valence-corrected chi connectivity index (χ2v) is 6.53. The normalized spacial score (nSPS) is 24.7. The molecular formula is C9H15F3N2O5S. The Morgan fingerprint density at radius 2 is 1.95 bits per heavy atom. The molecule has 2 aliphatic heterocycles. The second-order valence-electron chi connectivity index (χ2n) is 4.87. The molecule has 2 fully saturated rings. The first kappa shape index (κ1) is 17.1. The van der Waals surface area contributed by atoms with Crippen molar-refractivity contribution in [1.82, 2.24) is 5.32 Å². The molecule has 2 heterocycles. The van der Waals surface area contributed by atoms with Crippen molar-refractivity contribution in [1.29, 1.82) is 0 Å². The molecule has 0 aromatic rings. The average molecular weight is 320 g/mol. The number of sulfonamides is 1. The van der Waals surface area contributed by atoms with Crippen molar-refractivity contribution >= 4 is 16.0 Å². The van der Waals surface area contributed by atoms with Crippen molar-refractivity contribution in [3.63, 3.8) is 0 Å². The highest BCUT2D eigenvalue weighted by atomic mass is 32.2. The van der Waals surface area contributed by atoms with Crippen molar-refractivity contribution in [2.24, 2.45) is 10.6 Å². The molecule has 0 aromatic heterocycles. The van der Waals surface area contributed by atoms with Gasteiger partial charge in [0.25, 0.3) is 0 Å². The summed E-state index contributed by atoms with van der Waals surface area (Å²) >= 11 is 0. The molecule has 20 heavy (non-hydrogen) atoms. The molecule has 118 valence electrons. The van der Waals surface area contributed by atoms with Crippen LogP contribution in [-0.4, -0.2) is 57.2 Å². The second kappa shape index (κ2) is 5.84. The molecule has 0 amide bonds. The van der Waals surface area contributed by atoms with Crippen molar-refractivity contribution in [2.45, 2.75) is 18.7 Å². The lowest BCUT2D eigenvalue weighted by atomic mass is 9.80. The maximum absolute atomic E-state index is 10.8. The number of carbonyl (C=O) groups is 1. The quantitative estimate of drug-likeness (QED) is 0.618. The van der Waals surface area contributed by atoms with E-state index in [1.807, 2.05) is 0 Å². The highest BCUT2D eigenvalue weighted by Crippen LogP contribution is 2.36. The predicted molar refractivity (Wildman–Crippen MR) is 61.3 cm³/mol. The minimum atomic E-state index is -5.08. The van der Waals surface area contributed by atoms with Crippen LogP contribution in [0.2, 0.25) is 0 Å². The Hall–Kier alpha value is -0.910. The van der Waals surface area contributed by atoms with Gasteiger partial charge in [0.2, 0.25) is 10.0 Å². The van der Waals surface area contributed by atoms with Crippen LogP contribution in [0.3, 0.4) is 0 Å². The van der Waals surface area contributed by atoms with Crippen LogP contribution >= 0.6 is 0 Å². The first-order chi connectivity index (χ1) is 8.94. The molecule has 2 aliphatic rings. The summed E-state index contributed by atoms with van der Waals surface area (Å²) < 4.78 is 58.7. The molecule has 1 unspecified atom stereocenters. The van der Waals surface area contributed by atoms with Crippen LogP contribution in [0.25, 0.3) is 0 Å². The van der Waals surface area contributed by atoms with E-state index in [1.54, 1.807) is 0 Å². The van der Waals surface area contributed by atoms with Gasteiger partial charge in [0.15, 0.2) is 0 Å². The minimum Gasteiger partial charge on any atom is -0.475 e. The lowest BCUT2D eigenvalue weighted by Gasteiger charge is -2.37. The zero-order valence-electron chi connectivity index (χ0n) is 10.3. The number of halogens is 3. The van der Waals surface area contributed by atoms with Crippen LogP contribution in [0.15, 0.2) is 0 Å². The number of ether oxygens (including phenoxy) is 1. The monoisotopic (exact) mass is 320 g/mol. The number of carboxylic acid groups (broad SMARTS) is 1. The zero-order valence-corrected chi connectivity index (χ0v) is 11.1. The molecule has 1 atom stereocenters. The number of primary sulfonamides is 1. The molecule has 0 aliphatic carbocycles. The first-order valence-electron chi connectivity index (χ1n) is 5.56. The van der Waals surface area contributed by atoms with Gasteiger partial charge in [-0.05, 0) is 6.42 Å². The number of hydrogen-bond acceptors (Lipinski definition) is 5. The molecule has 2 rings (SSSR count). The molecule has 2 saturated heterocycles. The number of carboxylic acids is 1. The van der Waals surface area contributed by atoms with Gasteiger partial charge in [-0.2, -0.15) is 13.2 Å². The maximum atomic E-state index is 10.8. The van der Waals surface area contributed by atoms with Crippen LogP contribution in [0.4, 0.5) is 13.2 Å². The first-order valence-corrected chi connectivity index (χ1v) is 7.28. The van der Waals surface area contributed by atoms with Crippen molar-refractivity contribution < 1.29 is 36.2 Å². The molecule has 0 radical (unpaired) electrons. The van der Waals surface area contributed by atoms with Gasteiger partial charge in [0, 0.05) is 18.5 Å². The fraction of sp³-hybridized carbons (Fsp3) is 0.889. The third-order valence-corrected chi connectivity index (χ3v) is 3.78. The van der Waals surface area contributed by atoms with Gasteiger partial charge in [-0.25, -0.2) is 18.4 Å². The fourth-order valence-corrected chi connectivity index (χ4v) is 2.72. The predicted octanol–water partition coefficient (Wildman–Crippen LogP) is -0.713. The Labute approximate surface area is 113 Å². The van der Waals surface area contributed by atoms with Crippen LogP contribution in [0.5, 0.6) is 0 Å². The molecular weight excluding hydrogens is 305 g/mol. The number of rotatable bonds is 2. The van der Waals surface area contributed by atoms with Gasteiger partial charge in [0.05, 0.1) is 18.5 Å². The summed E-state index contributed by atoms with van der Waals surface area (Å²) in [5.41, 5.74) is 0.204. The van der Waals surface area contributed by atoms with E-state index in [2.05, 4.69) is 5.32 Å². The standard InChI is InChI=1S/C7H14N2O3S.C2HF3O2/c8-13(10,11)2-6-1-7(5-12-6)3-9-4-7;3-2(4,5)1(6)7/h6,9H,1-5H2,(H2,8,10,11);(H,6,7). The summed E-state index contributed by atoms with van der Waals surface area (Å²) in [6.07, 6.45) is -4.46. The minimum absolute atomic E-state index is 0.0469. The highest BCUT2D eigenvalue weighted by Gasteiger charge is 2.45. The Bertz CT molecular complexity index is 461. The topological polar surface area (TPSA) is 119 Å². The van der Waals surface area contributed by atoms with E-state index in [4.69, 9.17) is 19.8 Å². The van der Waals surface area contributed by atoms with Gasteiger partial charge >= 0.3 is 12.1 Å². The third-order valence-electron chi connectivity index (χ3n) is 2.95. The molecule has 0 aromatic carbocycles. The SMILES string of the molecule is NS(=O)(=O)CC1CC2(CNC2)CO1.O=C(O)C(F)(F)F. The highest BCUT2D eigenvalue weighted by molar-refractivity contribution is 7.89. The fourth-order valence-electron chi connectivity index (χ4n) is 1.99. The van der Waals surface area contributed by atoms with Gasteiger partial charge < -0.3 is 15.2 Å². The Kier molecular flexibility index (Phi) is 5.00. The summed E-state index contributed by atoms with van der Waals surface area (Å²) in [5.74, 6) is -2.80. The maximum Gasteiger partial charge on any atom is 0.490 e. The molecule has 1 spiro atoms. The van der Waals surface area contributed by atoms with E-state index in [0.29, 0.717) is 6.61 Å². The number of aliphatic carboxylic acids is 1. The number of hydrogen-bond donors (Lipinski definition) is 3. The van der Waals surface area contributed by atoms with Crippen molar-refractivity contribution in [3.05, 3.63) is 0 Å². The van der Waals surface area contributed by atoms with Gasteiger partial charge in [-0.15, -0.1) is 0 Å². The van der Waals surface area contributed by atoms with Crippen LogP contribution in [-0.2, 0) is 19.6 Å². The molecule has 4 N–H and O–H groups in total. The van der Waals surface area contributed by atoms with Crippen LogP contribution in [0.1, 0.15) is 6.42 Å². The van der Waals surface area contributed by atoms with E-state index in [-0.39, 0.29) is 17.3 Å². The lowest BCUT2D eigenvalue weighted by molar-refractivity contribution is -0.192. The van der Waals surface area contributed by atoms with Gasteiger partial charge in [0.1, 0.15) is 0 Å². The summed E-state index contributed by atoms with van der Waals surface area (Å²) in [5, 5.41) is 15.2.